The summed E-state index contributed by atoms with van der Waals surface area (Å²) in [4.78, 5) is 29.9. The summed E-state index contributed by atoms with van der Waals surface area (Å²) in [6, 6.07) is 11.0. The predicted molar refractivity (Wildman–Crippen MR) is 112 cm³/mol. The molecule has 154 valence electrons. The summed E-state index contributed by atoms with van der Waals surface area (Å²) < 4.78 is 11.0. The van der Waals surface area contributed by atoms with Crippen molar-refractivity contribution in [2.45, 2.75) is 27.2 Å². The second-order valence-electron chi connectivity index (χ2n) is 7.10. The fourth-order valence-electron chi connectivity index (χ4n) is 3.45. The van der Waals surface area contributed by atoms with E-state index >= 15 is 0 Å². The molecule has 2 amide bonds. The molecular weight excluding hydrogens is 384 g/mol. The minimum atomic E-state index is -0.149. The average molecular weight is 406 g/mol. The predicted octanol–water partition coefficient (Wildman–Crippen LogP) is 3.81. The van der Waals surface area contributed by atoms with Crippen molar-refractivity contribution in [3.8, 4) is 28.6 Å². The van der Waals surface area contributed by atoms with Crippen LogP contribution in [-0.4, -0.2) is 35.1 Å². The van der Waals surface area contributed by atoms with Crippen LogP contribution in [0, 0.1) is 6.92 Å². The maximum atomic E-state index is 12.3. The van der Waals surface area contributed by atoms with Crippen LogP contribution in [0.5, 0.6) is 5.75 Å². The van der Waals surface area contributed by atoms with Gasteiger partial charge in [0.05, 0.1) is 5.69 Å². The summed E-state index contributed by atoms with van der Waals surface area (Å²) in [6.45, 7) is 6.03. The number of nitrogens with zero attached hydrogens (tertiary/aromatic N) is 3. The zero-order chi connectivity index (χ0) is 21.3. The molecule has 0 saturated carbocycles. The molecule has 2 heterocycles. The summed E-state index contributed by atoms with van der Waals surface area (Å²) in [7, 11) is 0. The minimum Gasteiger partial charge on any atom is -0.482 e. The van der Waals surface area contributed by atoms with E-state index in [4.69, 9.17) is 9.26 Å². The molecule has 1 aromatic heterocycles. The molecule has 1 aliphatic rings. The third kappa shape index (κ3) is 3.63. The van der Waals surface area contributed by atoms with Crippen molar-refractivity contribution in [2.75, 3.05) is 23.4 Å². The number of anilines is 2. The zero-order valence-electron chi connectivity index (χ0n) is 17.1. The van der Waals surface area contributed by atoms with Crippen molar-refractivity contribution in [3.05, 3.63) is 42.0 Å². The number of benzene rings is 2. The average Bonchev–Trinajstić information content (AvgIpc) is 3.21. The van der Waals surface area contributed by atoms with Crippen molar-refractivity contribution in [3.63, 3.8) is 0 Å². The fourth-order valence-corrected chi connectivity index (χ4v) is 3.45. The van der Waals surface area contributed by atoms with Crippen LogP contribution in [0.4, 0.5) is 11.4 Å². The Bertz CT molecular complexity index is 1120. The van der Waals surface area contributed by atoms with Crippen molar-refractivity contribution < 1.29 is 18.8 Å². The van der Waals surface area contributed by atoms with Gasteiger partial charge in [0.1, 0.15) is 5.75 Å². The lowest BCUT2D eigenvalue weighted by molar-refractivity contribution is -0.121. The van der Waals surface area contributed by atoms with Crippen molar-refractivity contribution in [1.29, 1.82) is 0 Å². The highest BCUT2D eigenvalue weighted by atomic mass is 16.5. The number of nitrogens with one attached hydrogen (secondary N) is 1. The second-order valence-corrected chi connectivity index (χ2v) is 7.10. The van der Waals surface area contributed by atoms with Crippen LogP contribution < -0.4 is 15.0 Å². The summed E-state index contributed by atoms with van der Waals surface area (Å²) in [6.07, 6.45) is 0.839. The van der Waals surface area contributed by atoms with E-state index in [1.54, 1.807) is 4.90 Å². The number of hydrogen-bond acceptors (Lipinski definition) is 6. The van der Waals surface area contributed by atoms with Crippen molar-refractivity contribution in [2.24, 2.45) is 0 Å². The van der Waals surface area contributed by atoms with Gasteiger partial charge in [-0.3, -0.25) is 9.59 Å². The van der Waals surface area contributed by atoms with Crippen LogP contribution in [0.15, 0.2) is 40.9 Å². The summed E-state index contributed by atoms with van der Waals surface area (Å²) in [5.41, 5.74) is 3.70. The second kappa shape index (κ2) is 7.98. The first-order valence-electron chi connectivity index (χ1n) is 9.76. The van der Waals surface area contributed by atoms with Gasteiger partial charge in [-0.1, -0.05) is 18.1 Å². The fraction of sp³-hybridized carbons (Fsp3) is 0.273. The zero-order valence-corrected chi connectivity index (χ0v) is 17.1. The highest BCUT2D eigenvalue weighted by Crippen LogP contribution is 2.36. The summed E-state index contributed by atoms with van der Waals surface area (Å²) in [5, 5.41) is 6.91. The molecule has 0 radical (unpaired) electrons. The van der Waals surface area contributed by atoms with Gasteiger partial charge in [0, 0.05) is 30.3 Å². The topological polar surface area (TPSA) is 97.6 Å². The molecule has 3 aromatic rings. The lowest BCUT2D eigenvalue weighted by Gasteiger charge is -2.29. The molecule has 0 bridgehead atoms. The first-order valence-corrected chi connectivity index (χ1v) is 9.76. The SMILES string of the molecule is CCCN1C(=O)COc2ccc(-c3noc(-c4cccc(NC(C)=O)c4C)n3)cc21. The molecule has 0 fully saturated rings. The van der Waals surface area contributed by atoms with Gasteiger partial charge in [-0.2, -0.15) is 4.98 Å². The monoisotopic (exact) mass is 406 g/mol. The molecule has 8 heteroatoms. The lowest BCUT2D eigenvalue weighted by Crippen LogP contribution is -2.39. The first kappa shape index (κ1) is 19.6. The van der Waals surface area contributed by atoms with E-state index in [-0.39, 0.29) is 18.4 Å². The molecule has 8 nitrogen and oxygen atoms in total. The summed E-state index contributed by atoms with van der Waals surface area (Å²) >= 11 is 0. The van der Waals surface area contributed by atoms with Gasteiger partial charge in [-0.15, -0.1) is 0 Å². The molecule has 0 spiro atoms. The number of aromatic nitrogens is 2. The highest BCUT2D eigenvalue weighted by molar-refractivity contribution is 5.98. The van der Waals surface area contributed by atoms with Gasteiger partial charge in [0.15, 0.2) is 6.61 Å². The van der Waals surface area contributed by atoms with E-state index in [0.717, 1.165) is 23.1 Å². The standard InChI is InChI=1S/C22H22N4O4/c1-4-10-26-18-11-15(8-9-19(18)29-12-20(26)28)21-24-22(30-25-21)16-6-5-7-17(13(16)2)23-14(3)27/h5-9,11H,4,10,12H2,1-3H3,(H,23,27). The lowest BCUT2D eigenvalue weighted by atomic mass is 10.1. The molecule has 1 N–H and O–H groups in total. The quantitative estimate of drug-likeness (QED) is 0.692. The maximum absolute atomic E-state index is 12.3. The van der Waals surface area contributed by atoms with Crippen LogP contribution in [0.25, 0.3) is 22.8 Å². The smallest absolute Gasteiger partial charge is 0.265 e. The van der Waals surface area contributed by atoms with E-state index in [2.05, 4.69) is 15.5 Å². The first-order chi connectivity index (χ1) is 14.5. The normalized spacial score (nSPS) is 13.0. The molecule has 0 aliphatic carbocycles. The Balaban J connectivity index is 1.69. The van der Waals surface area contributed by atoms with Crippen LogP contribution in [0.2, 0.25) is 0 Å². The molecular formula is C22H22N4O4. The third-order valence-electron chi connectivity index (χ3n) is 4.91. The van der Waals surface area contributed by atoms with Crippen LogP contribution in [0.1, 0.15) is 25.8 Å². The number of ether oxygens (including phenoxy) is 1. The molecule has 1 aliphatic heterocycles. The number of fused-ring (bicyclic) bond motifs is 1. The van der Waals surface area contributed by atoms with Gasteiger partial charge in [0.25, 0.3) is 11.8 Å². The molecule has 4 rings (SSSR count). The summed E-state index contributed by atoms with van der Waals surface area (Å²) in [5.74, 6) is 1.20. The van der Waals surface area contributed by atoms with Crippen molar-refractivity contribution in [1.82, 2.24) is 10.1 Å². The Hall–Kier alpha value is -3.68. The highest BCUT2D eigenvalue weighted by Gasteiger charge is 2.26. The van der Waals surface area contributed by atoms with Gasteiger partial charge >= 0.3 is 0 Å². The molecule has 0 saturated heterocycles. The van der Waals surface area contributed by atoms with Crippen LogP contribution in [-0.2, 0) is 9.59 Å². The van der Waals surface area contributed by atoms with Gasteiger partial charge < -0.3 is 19.5 Å². The van der Waals surface area contributed by atoms with E-state index in [1.165, 1.54) is 6.92 Å². The Morgan fingerprint density at radius 1 is 1.27 bits per heavy atom. The molecule has 0 atom stereocenters. The molecule has 0 unspecified atom stereocenters. The van der Waals surface area contributed by atoms with Gasteiger partial charge in [-0.25, -0.2) is 0 Å². The molecule has 30 heavy (non-hydrogen) atoms. The number of rotatable bonds is 5. The van der Waals surface area contributed by atoms with Gasteiger partial charge in [-0.05, 0) is 49.2 Å². The largest absolute Gasteiger partial charge is 0.482 e. The number of carbonyl (C=O) groups is 2. The maximum Gasteiger partial charge on any atom is 0.265 e. The van der Waals surface area contributed by atoms with E-state index in [1.807, 2.05) is 50.2 Å². The Kier molecular flexibility index (Phi) is 5.22. The number of carbonyl (C=O) groups excluding carboxylic acids is 2. The van der Waals surface area contributed by atoms with Gasteiger partial charge in [0.2, 0.25) is 11.7 Å². The number of amides is 2. The van der Waals surface area contributed by atoms with Crippen LogP contribution in [0.3, 0.4) is 0 Å². The van der Waals surface area contributed by atoms with Crippen molar-refractivity contribution >= 4 is 23.2 Å². The van der Waals surface area contributed by atoms with E-state index in [9.17, 15) is 9.59 Å². The third-order valence-corrected chi connectivity index (χ3v) is 4.91. The minimum absolute atomic E-state index is 0.0443. The van der Waals surface area contributed by atoms with E-state index in [0.29, 0.717) is 35.4 Å². The Labute approximate surface area is 173 Å². The Morgan fingerprint density at radius 2 is 2.10 bits per heavy atom. The van der Waals surface area contributed by atoms with E-state index < -0.39 is 0 Å². The Morgan fingerprint density at radius 3 is 2.87 bits per heavy atom. The molecule has 2 aromatic carbocycles. The van der Waals surface area contributed by atoms with Crippen LogP contribution >= 0.6 is 0 Å². The number of hydrogen-bond donors (Lipinski definition) is 1.